The van der Waals surface area contributed by atoms with Gasteiger partial charge >= 0.3 is 0 Å². The first-order chi connectivity index (χ1) is 23.1. The molecule has 8 N–H and O–H groups in total. The minimum Gasteiger partial charge on any atom is -0.491 e. The number of fused-ring (bicyclic) bond motifs is 1. The Bertz CT molecular complexity index is 1820. The second-order valence-electron chi connectivity index (χ2n) is 11.4. The molecule has 15 heteroatoms. The predicted molar refractivity (Wildman–Crippen MR) is 183 cm³/mol. The largest absolute Gasteiger partial charge is 0.491 e. The first-order valence-corrected chi connectivity index (χ1v) is 15.9. The average molecular weight is 659 g/mol. The van der Waals surface area contributed by atoms with E-state index in [2.05, 4.69) is 20.6 Å². The van der Waals surface area contributed by atoms with Crippen LogP contribution in [0.5, 0.6) is 5.75 Å². The number of anilines is 3. The molecule has 3 heterocycles. The minimum absolute atomic E-state index is 0.243. The number of benzene rings is 2. The normalized spacial score (nSPS) is 13.6. The molecule has 0 bridgehead atoms. The van der Waals surface area contributed by atoms with Gasteiger partial charge in [0.15, 0.2) is 0 Å². The summed E-state index contributed by atoms with van der Waals surface area (Å²) >= 11 is 0. The Morgan fingerprint density at radius 2 is 1.81 bits per heavy atom. The molecule has 0 aliphatic carbocycles. The van der Waals surface area contributed by atoms with Gasteiger partial charge in [-0.1, -0.05) is 12.2 Å². The molecule has 1 saturated heterocycles. The average Bonchev–Trinajstić information content (AvgIpc) is 3.63. The smallest absolute Gasteiger partial charge is 0.276 e. The number of nitrogens with zero attached hydrogens (tertiary/aromatic N) is 5. The number of amides is 3. The maximum atomic E-state index is 13.5. The Balaban J connectivity index is 1.41. The van der Waals surface area contributed by atoms with Crippen LogP contribution >= 0.6 is 0 Å². The molecule has 4 aromatic rings. The third-order valence-corrected chi connectivity index (χ3v) is 7.93. The molecule has 3 amide bonds. The monoisotopic (exact) mass is 658 g/mol. The van der Waals surface area contributed by atoms with E-state index in [0.29, 0.717) is 78.9 Å². The zero-order chi connectivity index (χ0) is 34.2. The number of morpholine rings is 1. The van der Waals surface area contributed by atoms with E-state index in [1.54, 1.807) is 35.0 Å². The van der Waals surface area contributed by atoms with Gasteiger partial charge in [-0.2, -0.15) is 5.10 Å². The van der Waals surface area contributed by atoms with Crippen molar-refractivity contribution in [2.24, 2.45) is 11.5 Å². The molecule has 0 unspecified atom stereocenters. The van der Waals surface area contributed by atoms with Gasteiger partial charge in [-0.05, 0) is 56.7 Å². The summed E-state index contributed by atoms with van der Waals surface area (Å²) in [5.74, 6) is -0.856. The zero-order valence-electron chi connectivity index (χ0n) is 27.2. The van der Waals surface area contributed by atoms with Crippen LogP contribution in [0.3, 0.4) is 0 Å². The summed E-state index contributed by atoms with van der Waals surface area (Å²) in [6.45, 7) is 9.39. The lowest BCUT2D eigenvalue weighted by Crippen LogP contribution is -2.37. The number of hydrogen-bond donors (Lipinski definition) is 5. The van der Waals surface area contributed by atoms with Crippen molar-refractivity contribution in [1.29, 1.82) is 0 Å². The van der Waals surface area contributed by atoms with Crippen molar-refractivity contribution in [3.63, 3.8) is 0 Å². The second-order valence-corrected chi connectivity index (χ2v) is 11.4. The van der Waals surface area contributed by atoms with Crippen LogP contribution in [0.25, 0.3) is 11.0 Å². The van der Waals surface area contributed by atoms with Crippen molar-refractivity contribution in [2.45, 2.75) is 33.4 Å². The summed E-state index contributed by atoms with van der Waals surface area (Å²) in [5, 5.41) is 10.5. The van der Waals surface area contributed by atoms with Crippen LogP contribution in [0, 0.1) is 6.92 Å². The Hall–Kier alpha value is -5.41. The van der Waals surface area contributed by atoms with Crippen LogP contribution in [0.1, 0.15) is 50.2 Å². The van der Waals surface area contributed by atoms with Crippen LogP contribution in [0.4, 0.5) is 17.3 Å². The van der Waals surface area contributed by atoms with E-state index in [4.69, 9.17) is 31.7 Å². The number of nitrogen functional groups attached to an aromatic ring is 1. The van der Waals surface area contributed by atoms with Gasteiger partial charge < -0.3 is 36.6 Å². The number of aromatic nitrogens is 4. The molecule has 48 heavy (non-hydrogen) atoms. The Labute approximate surface area is 278 Å². The molecular weight excluding hydrogens is 616 g/mol. The standard InChI is InChI=1S/C33H42N10O5/c1-3-43-27(17-21(2)40-43)32(46)39-33-38-26-19-23(31(36)45)20-28(48-14-6-10-41-12-15-47-16-13-41)29(26)42(33)11-5-4-9-37-25-8-7-22(30(35)44)18-24(25)34/h4-5,7-8,17-20,37H,3,6,9-16,34H2,1-2H3,(H2,35,44)(H2,36,45)(H,38,39,46)/b5-4+. The molecule has 1 aliphatic rings. The Morgan fingerprint density at radius 1 is 1.04 bits per heavy atom. The number of nitrogens with two attached hydrogens (primary N) is 3. The third-order valence-electron chi connectivity index (χ3n) is 7.93. The quantitative estimate of drug-likeness (QED) is 0.0715. The number of primary amides is 2. The molecule has 1 aliphatic heterocycles. The summed E-state index contributed by atoms with van der Waals surface area (Å²) in [6.07, 6.45) is 4.56. The van der Waals surface area contributed by atoms with Crippen molar-refractivity contribution in [2.75, 3.05) is 62.4 Å². The fourth-order valence-corrected chi connectivity index (χ4v) is 5.49. The van der Waals surface area contributed by atoms with E-state index in [9.17, 15) is 14.4 Å². The van der Waals surface area contributed by atoms with Crippen molar-refractivity contribution < 1.29 is 23.9 Å². The minimum atomic E-state index is -0.619. The van der Waals surface area contributed by atoms with Crippen LogP contribution in [-0.2, 0) is 17.8 Å². The van der Waals surface area contributed by atoms with Crippen LogP contribution < -0.4 is 32.6 Å². The SMILES string of the molecule is CCn1nc(C)cc1C(=O)Nc1nc2cc(C(N)=O)cc(OCCCN3CCOCC3)c2n1C/C=C/CNc1ccc(C(N)=O)cc1N. The van der Waals surface area contributed by atoms with E-state index in [1.165, 1.54) is 6.07 Å². The lowest BCUT2D eigenvalue weighted by atomic mass is 10.1. The highest BCUT2D eigenvalue weighted by Crippen LogP contribution is 2.31. The molecule has 0 saturated carbocycles. The van der Waals surface area contributed by atoms with Gasteiger partial charge in [0.1, 0.15) is 17.0 Å². The molecule has 2 aromatic heterocycles. The van der Waals surface area contributed by atoms with E-state index in [0.717, 1.165) is 31.7 Å². The van der Waals surface area contributed by atoms with E-state index < -0.39 is 11.8 Å². The van der Waals surface area contributed by atoms with Crippen LogP contribution in [0.2, 0.25) is 0 Å². The zero-order valence-corrected chi connectivity index (χ0v) is 27.2. The van der Waals surface area contributed by atoms with E-state index in [-0.39, 0.29) is 17.4 Å². The summed E-state index contributed by atoms with van der Waals surface area (Å²) in [6, 6.07) is 9.74. The number of aryl methyl sites for hydroxylation is 2. The molecule has 15 nitrogen and oxygen atoms in total. The first-order valence-electron chi connectivity index (χ1n) is 15.9. The molecule has 5 rings (SSSR count). The maximum absolute atomic E-state index is 13.5. The molecular formula is C33H42N10O5. The molecule has 0 atom stereocenters. The lowest BCUT2D eigenvalue weighted by molar-refractivity contribution is 0.0358. The number of carbonyl (C=O) groups is 3. The molecule has 0 spiro atoms. The molecule has 2 aromatic carbocycles. The van der Waals surface area contributed by atoms with Crippen molar-refractivity contribution >= 4 is 46.1 Å². The predicted octanol–water partition coefficient (Wildman–Crippen LogP) is 2.36. The summed E-state index contributed by atoms with van der Waals surface area (Å²) < 4.78 is 15.2. The Morgan fingerprint density at radius 3 is 2.52 bits per heavy atom. The Kier molecular flexibility index (Phi) is 10.9. The highest BCUT2D eigenvalue weighted by molar-refractivity contribution is 6.04. The van der Waals surface area contributed by atoms with Crippen LogP contribution in [0.15, 0.2) is 48.6 Å². The van der Waals surface area contributed by atoms with Gasteiger partial charge in [-0.15, -0.1) is 0 Å². The highest BCUT2D eigenvalue weighted by atomic mass is 16.5. The van der Waals surface area contributed by atoms with Gasteiger partial charge in [0.05, 0.1) is 42.4 Å². The molecule has 0 radical (unpaired) electrons. The van der Waals surface area contributed by atoms with Crippen LogP contribution in [-0.4, -0.2) is 88.0 Å². The number of nitrogens with one attached hydrogen (secondary N) is 2. The topological polar surface area (TPSA) is 211 Å². The molecule has 1 fully saturated rings. The van der Waals surface area contributed by atoms with Gasteiger partial charge in [0, 0.05) is 50.4 Å². The second kappa shape index (κ2) is 15.5. The number of imidazole rings is 1. The fraction of sp³-hybridized carbons (Fsp3) is 0.364. The number of carbonyl (C=O) groups excluding carboxylic acids is 3. The number of rotatable bonds is 15. The maximum Gasteiger partial charge on any atom is 0.276 e. The summed E-state index contributed by atoms with van der Waals surface area (Å²) in [5.41, 5.74) is 20.9. The number of allylic oxidation sites excluding steroid dienone is 1. The lowest BCUT2D eigenvalue weighted by Gasteiger charge is -2.26. The van der Waals surface area contributed by atoms with Crippen molar-refractivity contribution in [3.05, 3.63) is 71.1 Å². The molecule has 254 valence electrons. The first kappa shape index (κ1) is 33.9. The third kappa shape index (κ3) is 8.11. The van der Waals surface area contributed by atoms with E-state index in [1.807, 2.05) is 30.6 Å². The fourth-order valence-electron chi connectivity index (χ4n) is 5.49. The summed E-state index contributed by atoms with van der Waals surface area (Å²) in [4.78, 5) is 44.2. The highest BCUT2D eigenvalue weighted by Gasteiger charge is 2.22. The van der Waals surface area contributed by atoms with E-state index >= 15 is 0 Å². The van der Waals surface area contributed by atoms with Crippen molar-refractivity contribution in [3.8, 4) is 5.75 Å². The van der Waals surface area contributed by atoms with Gasteiger partial charge in [0.2, 0.25) is 17.8 Å². The van der Waals surface area contributed by atoms with Gasteiger partial charge in [-0.25, -0.2) is 4.98 Å². The number of hydrogen-bond acceptors (Lipinski definition) is 10. The van der Waals surface area contributed by atoms with Gasteiger partial charge in [-0.3, -0.25) is 29.3 Å². The van der Waals surface area contributed by atoms with Gasteiger partial charge in [0.25, 0.3) is 5.91 Å². The van der Waals surface area contributed by atoms with Crippen molar-refractivity contribution in [1.82, 2.24) is 24.2 Å². The summed E-state index contributed by atoms with van der Waals surface area (Å²) in [7, 11) is 0. The number of ether oxygens (including phenoxy) is 2.